The van der Waals surface area contributed by atoms with Gasteiger partial charge in [0.25, 0.3) is 0 Å². The first-order chi connectivity index (χ1) is 14.5. The minimum atomic E-state index is -0.739. The third kappa shape index (κ3) is 4.26. The number of nitrogens with zero attached hydrogens (tertiary/aromatic N) is 2. The Morgan fingerprint density at radius 3 is 2.70 bits per heavy atom. The topological polar surface area (TPSA) is 32.7 Å². The summed E-state index contributed by atoms with van der Waals surface area (Å²) in [5.74, 6) is -2.12. The van der Waals surface area contributed by atoms with Gasteiger partial charge in [-0.3, -0.25) is 4.79 Å². The molecular formula is C23H23F3N2OS. The highest BCUT2D eigenvalue weighted by atomic mass is 32.2. The molecule has 0 aromatic heterocycles. The van der Waals surface area contributed by atoms with E-state index in [1.165, 1.54) is 24.1 Å². The number of benzene rings is 2. The first-order valence-corrected chi connectivity index (χ1v) is 11.3. The largest absolute Gasteiger partial charge is 0.342 e. The van der Waals surface area contributed by atoms with Crippen LogP contribution in [-0.2, 0) is 4.79 Å². The van der Waals surface area contributed by atoms with Gasteiger partial charge in [-0.1, -0.05) is 12.1 Å². The van der Waals surface area contributed by atoms with Crippen molar-refractivity contribution in [3.05, 3.63) is 59.4 Å². The zero-order valence-electron chi connectivity index (χ0n) is 16.7. The quantitative estimate of drug-likeness (QED) is 0.464. The van der Waals surface area contributed by atoms with E-state index in [4.69, 9.17) is 0 Å². The first-order valence-electron chi connectivity index (χ1n) is 10.1. The van der Waals surface area contributed by atoms with Gasteiger partial charge in [0.15, 0.2) is 0 Å². The van der Waals surface area contributed by atoms with Crippen LogP contribution >= 0.6 is 11.9 Å². The summed E-state index contributed by atoms with van der Waals surface area (Å²) in [4.78, 5) is 14.9. The van der Waals surface area contributed by atoms with Gasteiger partial charge >= 0.3 is 0 Å². The van der Waals surface area contributed by atoms with Crippen molar-refractivity contribution < 1.29 is 18.0 Å². The fourth-order valence-corrected chi connectivity index (χ4v) is 4.64. The number of hydrogen-bond donors (Lipinski definition) is 0. The van der Waals surface area contributed by atoms with Gasteiger partial charge in [-0.2, -0.15) is 0 Å². The number of likely N-dealkylation sites (tertiary alicyclic amines) is 1. The highest BCUT2D eigenvalue weighted by Gasteiger charge is 2.47. The Morgan fingerprint density at radius 1 is 1.20 bits per heavy atom. The molecule has 3 atom stereocenters. The monoisotopic (exact) mass is 432 g/mol. The second-order valence-corrected chi connectivity index (χ2v) is 8.48. The third-order valence-electron chi connectivity index (χ3n) is 5.90. The predicted molar refractivity (Wildman–Crippen MR) is 114 cm³/mol. The summed E-state index contributed by atoms with van der Waals surface area (Å²) in [6, 6.07) is 7.60. The Balaban J connectivity index is 1.56. The van der Waals surface area contributed by atoms with Crippen molar-refractivity contribution in [3.63, 3.8) is 0 Å². The molecule has 2 aromatic carbocycles. The van der Waals surface area contributed by atoms with E-state index in [2.05, 4.69) is 4.40 Å². The smallest absolute Gasteiger partial charge is 0.226 e. The molecule has 1 heterocycles. The lowest BCUT2D eigenvalue weighted by Gasteiger charge is -2.31. The Labute approximate surface area is 178 Å². The number of amides is 1. The lowest BCUT2D eigenvalue weighted by molar-refractivity contribution is -0.134. The molecule has 30 heavy (non-hydrogen) atoms. The molecule has 4 rings (SSSR count). The van der Waals surface area contributed by atoms with Crippen LogP contribution in [0.4, 0.5) is 13.2 Å². The van der Waals surface area contributed by atoms with Crippen LogP contribution in [-0.4, -0.2) is 36.4 Å². The molecule has 2 fully saturated rings. The van der Waals surface area contributed by atoms with E-state index in [0.29, 0.717) is 25.1 Å². The average molecular weight is 433 g/mol. The van der Waals surface area contributed by atoms with Gasteiger partial charge < -0.3 is 4.90 Å². The van der Waals surface area contributed by atoms with Crippen LogP contribution in [0.25, 0.3) is 11.1 Å². The van der Waals surface area contributed by atoms with E-state index in [1.54, 1.807) is 6.07 Å². The van der Waals surface area contributed by atoms with Crippen molar-refractivity contribution >= 4 is 24.1 Å². The number of hydrogen-bond acceptors (Lipinski definition) is 3. The average Bonchev–Trinajstić information content (AvgIpc) is 3.52. The number of halogens is 3. The Kier molecular flexibility index (Phi) is 6.18. The van der Waals surface area contributed by atoms with Gasteiger partial charge in [0.05, 0.1) is 5.56 Å². The van der Waals surface area contributed by atoms with Crippen LogP contribution in [0, 0.1) is 29.3 Å². The molecule has 7 heteroatoms. The summed E-state index contributed by atoms with van der Waals surface area (Å²) in [6.07, 6.45) is 6.35. The zero-order chi connectivity index (χ0) is 21.3. The predicted octanol–water partition coefficient (Wildman–Crippen LogP) is 5.46. The van der Waals surface area contributed by atoms with Gasteiger partial charge in [-0.15, -0.1) is 0 Å². The van der Waals surface area contributed by atoms with E-state index in [-0.39, 0.29) is 34.8 Å². The molecular weight excluding hydrogens is 409 g/mol. The van der Waals surface area contributed by atoms with Crippen LogP contribution in [0.1, 0.15) is 30.7 Å². The number of carbonyl (C=O) groups excluding carboxylic acids is 1. The van der Waals surface area contributed by atoms with Crippen LogP contribution in [0.2, 0.25) is 0 Å². The minimum Gasteiger partial charge on any atom is -0.342 e. The van der Waals surface area contributed by atoms with E-state index in [9.17, 15) is 18.0 Å². The summed E-state index contributed by atoms with van der Waals surface area (Å²) in [6.45, 7) is 1.36. The molecule has 3 unspecified atom stereocenters. The molecule has 1 aliphatic heterocycles. The lowest BCUT2D eigenvalue weighted by Crippen LogP contribution is -2.41. The Bertz CT molecular complexity index is 961. The lowest BCUT2D eigenvalue weighted by atomic mass is 9.94. The molecule has 2 aromatic rings. The first kappa shape index (κ1) is 21.0. The van der Waals surface area contributed by atoms with Crippen molar-refractivity contribution in [2.24, 2.45) is 16.2 Å². The van der Waals surface area contributed by atoms with Crippen molar-refractivity contribution in [3.8, 4) is 11.1 Å². The highest BCUT2D eigenvalue weighted by Crippen LogP contribution is 2.52. The molecule has 2 aliphatic rings. The van der Waals surface area contributed by atoms with Gasteiger partial charge in [0.1, 0.15) is 17.5 Å². The molecule has 0 spiro atoms. The molecule has 158 valence electrons. The Morgan fingerprint density at radius 2 is 1.97 bits per heavy atom. The molecule has 1 saturated heterocycles. The summed E-state index contributed by atoms with van der Waals surface area (Å²) >= 11 is 1.40. The molecule has 0 radical (unpaired) electrons. The maximum absolute atomic E-state index is 14.4. The second kappa shape index (κ2) is 8.84. The van der Waals surface area contributed by atoms with Gasteiger partial charge in [0.2, 0.25) is 5.91 Å². The van der Waals surface area contributed by atoms with E-state index >= 15 is 0 Å². The minimum absolute atomic E-state index is 0.0616. The molecule has 1 aliphatic carbocycles. The van der Waals surface area contributed by atoms with E-state index in [1.807, 2.05) is 17.4 Å². The van der Waals surface area contributed by atoms with Crippen molar-refractivity contribution in [2.45, 2.75) is 25.2 Å². The standard InChI is InChI=1S/C23H23F3N2OS/c1-30-27-12-14-4-3-9-28(13-14)23(29)19-11-17(19)16-8-7-15(24)10-18(16)22-20(25)5-2-6-21(22)26/h2,5-8,10,12,14,17,19H,3-4,9,11,13H2,1H3. The fourth-order valence-electron chi connectivity index (χ4n) is 4.35. The van der Waals surface area contributed by atoms with E-state index < -0.39 is 17.5 Å². The van der Waals surface area contributed by atoms with Crippen LogP contribution in [0.5, 0.6) is 0 Å². The van der Waals surface area contributed by atoms with Gasteiger partial charge in [-0.25, -0.2) is 17.6 Å². The number of rotatable bonds is 5. The zero-order valence-corrected chi connectivity index (χ0v) is 17.5. The molecule has 1 amide bonds. The molecule has 3 nitrogen and oxygen atoms in total. The van der Waals surface area contributed by atoms with Crippen LogP contribution in [0.3, 0.4) is 0 Å². The Hall–Kier alpha value is -2.28. The normalized spacial score (nSPS) is 23.7. The number of carbonyl (C=O) groups is 1. The summed E-state index contributed by atoms with van der Waals surface area (Å²) in [5, 5.41) is 0. The maximum atomic E-state index is 14.4. The second-order valence-electron chi connectivity index (χ2n) is 7.90. The maximum Gasteiger partial charge on any atom is 0.226 e. The third-order valence-corrected chi connectivity index (χ3v) is 6.23. The summed E-state index contributed by atoms with van der Waals surface area (Å²) in [5.41, 5.74) is 0.571. The SMILES string of the molecule is CSN=CC1CCCN(C(=O)C2CC2c2ccc(F)cc2-c2c(F)cccc2F)C1. The van der Waals surface area contributed by atoms with Crippen molar-refractivity contribution in [2.75, 3.05) is 19.3 Å². The van der Waals surface area contributed by atoms with Gasteiger partial charge in [-0.05, 0) is 72.5 Å². The van der Waals surface area contributed by atoms with Crippen LogP contribution < -0.4 is 0 Å². The van der Waals surface area contributed by atoms with E-state index in [0.717, 1.165) is 31.0 Å². The summed E-state index contributed by atoms with van der Waals surface area (Å²) in [7, 11) is 0. The van der Waals surface area contributed by atoms with Crippen LogP contribution in [0.15, 0.2) is 40.8 Å². The fraction of sp³-hybridized carbons (Fsp3) is 0.391. The van der Waals surface area contributed by atoms with Gasteiger partial charge in [0, 0.05) is 37.4 Å². The summed E-state index contributed by atoms with van der Waals surface area (Å²) < 4.78 is 46.9. The molecule has 1 saturated carbocycles. The molecule has 0 N–H and O–H groups in total. The highest BCUT2D eigenvalue weighted by molar-refractivity contribution is 7.97. The van der Waals surface area contributed by atoms with Crippen molar-refractivity contribution in [1.29, 1.82) is 0 Å². The van der Waals surface area contributed by atoms with Crippen molar-refractivity contribution in [1.82, 2.24) is 4.90 Å². The number of piperidine rings is 1. The molecule has 0 bridgehead atoms.